The molecule has 1 amide bonds. The van der Waals surface area contributed by atoms with Gasteiger partial charge in [0.05, 0.1) is 16.5 Å². The number of nitrogen functional groups attached to an aromatic ring is 1. The number of hydrogen-bond acceptors (Lipinski definition) is 6. The molecule has 1 fully saturated rings. The maximum atomic E-state index is 14.4. The fraction of sp³-hybridized carbons (Fsp3) is 0.261. The van der Waals surface area contributed by atoms with Gasteiger partial charge < -0.3 is 15.2 Å². The molecule has 1 saturated heterocycles. The van der Waals surface area contributed by atoms with E-state index in [-0.39, 0.29) is 22.8 Å². The van der Waals surface area contributed by atoms with Gasteiger partial charge in [0.2, 0.25) is 5.91 Å². The van der Waals surface area contributed by atoms with Crippen LogP contribution in [0.2, 0.25) is 0 Å². The maximum absolute atomic E-state index is 14.4. The Hall–Kier alpha value is -4.33. The maximum Gasteiger partial charge on any atom is 0.245 e. The third-order valence-corrected chi connectivity index (χ3v) is 5.56. The second-order valence-electron chi connectivity index (χ2n) is 7.68. The summed E-state index contributed by atoms with van der Waals surface area (Å²) in [6, 6.07) is 1.41. The molecule has 1 aliphatic heterocycles. The molecule has 0 saturated carbocycles. The Kier molecular flexibility index (Phi) is 6.23. The van der Waals surface area contributed by atoms with Crippen molar-refractivity contribution in [1.82, 2.24) is 34.6 Å². The number of aromatic nitrogens is 6. The molecule has 11 heteroatoms. The highest BCUT2D eigenvalue weighted by molar-refractivity contribution is 5.90. The number of nitrogens with two attached hydrogens (primary N) is 1. The number of carbonyl (C=O) groups is 1. The molecular weight excluding hydrogens is 442 g/mol. The van der Waals surface area contributed by atoms with E-state index >= 15 is 0 Å². The number of amides is 1. The number of nitrogens with zero attached hydrogens (tertiary/aromatic N) is 6. The summed E-state index contributed by atoms with van der Waals surface area (Å²) < 4.78 is 30.2. The lowest BCUT2D eigenvalue weighted by Crippen LogP contribution is -2.25. The summed E-state index contributed by atoms with van der Waals surface area (Å²) in [6.07, 6.45) is 4.96. The van der Waals surface area contributed by atoms with Crippen molar-refractivity contribution in [2.24, 2.45) is 7.05 Å². The van der Waals surface area contributed by atoms with Crippen LogP contribution in [-0.4, -0.2) is 53.6 Å². The number of likely N-dealkylation sites (tertiary alicyclic amines) is 1. The summed E-state index contributed by atoms with van der Waals surface area (Å²) in [5.74, 6) is 4.14. The summed E-state index contributed by atoms with van der Waals surface area (Å²) in [5, 5.41) is 7.06. The van der Waals surface area contributed by atoms with E-state index in [0.29, 0.717) is 28.1 Å². The highest BCUT2D eigenvalue weighted by Gasteiger charge is 2.18. The van der Waals surface area contributed by atoms with E-state index in [0.717, 1.165) is 25.9 Å². The van der Waals surface area contributed by atoms with E-state index in [1.807, 2.05) is 4.90 Å². The average Bonchev–Trinajstić information content (AvgIpc) is 3.56. The van der Waals surface area contributed by atoms with Gasteiger partial charge in [0.25, 0.3) is 0 Å². The molecule has 5 rings (SSSR count). The molecule has 1 aromatic carbocycles. The van der Waals surface area contributed by atoms with Gasteiger partial charge in [-0.2, -0.15) is 5.10 Å². The van der Waals surface area contributed by atoms with Gasteiger partial charge in [0, 0.05) is 20.1 Å². The molecule has 0 atom stereocenters. The van der Waals surface area contributed by atoms with Crippen molar-refractivity contribution in [1.29, 1.82) is 0 Å². The summed E-state index contributed by atoms with van der Waals surface area (Å²) in [4.78, 5) is 24.7. The Morgan fingerprint density at radius 1 is 1.24 bits per heavy atom. The van der Waals surface area contributed by atoms with Gasteiger partial charge in [0.15, 0.2) is 17.3 Å². The number of carbonyl (C=O) groups excluding carboxylic acids is 1. The van der Waals surface area contributed by atoms with Crippen LogP contribution in [0.3, 0.4) is 0 Å². The monoisotopic (exact) mass is 464 g/mol. The largest absolute Gasteiger partial charge is 0.383 e. The van der Waals surface area contributed by atoms with Crippen molar-refractivity contribution in [3.05, 3.63) is 53.8 Å². The van der Waals surface area contributed by atoms with Crippen LogP contribution in [0.4, 0.5) is 14.6 Å². The van der Waals surface area contributed by atoms with Crippen LogP contribution >= 0.6 is 0 Å². The first kappa shape index (κ1) is 22.8. The van der Waals surface area contributed by atoms with Crippen LogP contribution in [0.15, 0.2) is 25.0 Å². The lowest BCUT2D eigenvalue weighted by molar-refractivity contribution is -0.124. The Balaban J connectivity index is 0.000000257. The minimum absolute atomic E-state index is 0.0764. The lowest BCUT2D eigenvalue weighted by Gasteiger charge is -2.10. The number of nitrogens with one attached hydrogen (secondary N) is 1. The van der Waals surface area contributed by atoms with E-state index in [4.69, 9.17) is 5.73 Å². The van der Waals surface area contributed by atoms with E-state index < -0.39 is 11.6 Å². The molecule has 0 radical (unpaired) electrons. The third-order valence-electron chi connectivity index (χ3n) is 5.56. The molecule has 3 aromatic heterocycles. The first-order valence-electron chi connectivity index (χ1n) is 10.5. The van der Waals surface area contributed by atoms with Gasteiger partial charge in [-0.15, -0.1) is 0 Å². The molecule has 0 unspecified atom stereocenters. The average molecular weight is 464 g/mol. The van der Waals surface area contributed by atoms with E-state index in [9.17, 15) is 13.6 Å². The lowest BCUT2D eigenvalue weighted by atomic mass is 10.1. The molecule has 4 aromatic rings. The topological polar surface area (TPSA) is 119 Å². The first-order chi connectivity index (χ1) is 16.3. The molecule has 34 heavy (non-hydrogen) atoms. The molecule has 9 nitrogen and oxygen atoms in total. The van der Waals surface area contributed by atoms with Gasteiger partial charge in [-0.1, -0.05) is 12.5 Å². The Bertz CT molecular complexity index is 1470. The Labute approximate surface area is 193 Å². The van der Waals surface area contributed by atoms with Crippen molar-refractivity contribution in [2.75, 3.05) is 18.8 Å². The highest BCUT2D eigenvalue weighted by Crippen LogP contribution is 2.24. The molecule has 0 aliphatic carbocycles. The number of aromatic amines is 1. The zero-order valence-corrected chi connectivity index (χ0v) is 18.7. The molecule has 3 N–H and O–H groups in total. The van der Waals surface area contributed by atoms with E-state index in [1.54, 1.807) is 14.0 Å². The number of rotatable bonds is 1. The van der Waals surface area contributed by atoms with Crippen molar-refractivity contribution < 1.29 is 13.6 Å². The standard InChI is InChI=1S/C16H11F2N7.C7H11NO/c1-7-22-10-5-8(12(17)13(18)14(10)25(7)2)3-4-9-11-15(19)20-6-21-16(11)24-23-9;1-2-7(9)8-5-3-4-6-8/h5-6H,1-2H3,(H3,19,20,21,23,24);2H,1,3-6H2. The second kappa shape index (κ2) is 9.27. The number of halogens is 2. The number of hydrogen-bond donors (Lipinski definition) is 2. The van der Waals surface area contributed by atoms with Crippen LogP contribution in [-0.2, 0) is 11.8 Å². The molecule has 1 aliphatic rings. The van der Waals surface area contributed by atoms with Crippen LogP contribution in [0.25, 0.3) is 22.1 Å². The normalized spacial score (nSPS) is 12.9. The van der Waals surface area contributed by atoms with Gasteiger partial charge in [-0.25, -0.2) is 23.7 Å². The van der Waals surface area contributed by atoms with Gasteiger partial charge in [-0.05, 0) is 37.8 Å². The highest BCUT2D eigenvalue weighted by atomic mass is 19.2. The second-order valence-corrected chi connectivity index (χ2v) is 7.68. The molecule has 0 bridgehead atoms. The molecule has 174 valence electrons. The number of aryl methyl sites for hydroxylation is 2. The van der Waals surface area contributed by atoms with Crippen molar-refractivity contribution in [3.63, 3.8) is 0 Å². The van der Waals surface area contributed by atoms with Gasteiger partial charge in [-0.3, -0.25) is 9.89 Å². The summed E-state index contributed by atoms with van der Waals surface area (Å²) in [5.41, 5.74) is 6.79. The Morgan fingerprint density at radius 2 is 1.97 bits per heavy atom. The molecular formula is C23H22F2N8O. The number of fused-ring (bicyclic) bond motifs is 2. The SMILES string of the molecule is C=CC(=O)N1CCCC1.Cc1nc2cc(C#Cc3[nH]nc4ncnc(N)c34)c(F)c(F)c2n1C. The molecule has 0 spiro atoms. The van der Waals surface area contributed by atoms with Crippen LogP contribution in [0, 0.1) is 30.4 Å². The molecule has 4 heterocycles. The van der Waals surface area contributed by atoms with E-state index in [2.05, 4.69) is 43.6 Å². The predicted octanol–water partition coefficient (Wildman–Crippen LogP) is 2.60. The zero-order valence-electron chi connectivity index (χ0n) is 18.7. The Morgan fingerprint density at radius 3 is 2.68 bits per heavy atom. The summed E-state index contributed by atoms with van der Waals surface area (Å²) in [7, 11) is 1.62. The van der Waals surface area contributed by atoms with Crippen molar-refractivity contribution in [2.45, 2.75) is 19.8 Å². The van der Waals surface area contributed by atoms with Crippen molar-refractivity contribution >= 4 is 33.8 Å². The number of anilines is 1. The number of benzene rings is 1. The van der Waals surface area contributed by atoms with Crippen molar-refractivity contribution in [3.8, 4) is 11.8 Å². The van der Waals surface area contributed by atoms with Crippen LogP contribution < -0.4 is 5.73 Å². The summed E-state index contributed by atoms with van der Waals surface area (Å²) >= 11 is 0. The predicted molar refractivity (Wildman–Crippen MR) is 123 cm³/mol. The minimum atomic E-state index is -1.03. The zero-order chi connectivity index (χ0) is 24.4. The van der Waals surface area contributed by atoms with Gasteiger partial charge in [0.1, 0.15) is 29.2 Å². The fourth-order valence-corrected chi connectivity index (χ4v) is 3.68. The fourth-order valence-electron chi connectivity index (χ4n) is 3.68. The minimum Gasteiger partial charge on any atom is -0.383 e. The van der Waals surface area contributed by atoms with Crippen LogP contribution in [0.5, 0.6) is 0 Å². The van der Waals surface area contributed by atoms with Crippen LogP contribution in [0.1, 0.15) is 29.9 Å². The quantitative estimate of drug-likeness (QED) is 0.330. The van der Waals surface area contributed by atoms with Gasteiger partial charge >= 0.3 is 0 Å². The number of H-pyrrole nitrogens is 1. The first-order valence-corrected chi connectivity index (χ1v) is 10.5. The smallest absolute Gasteiger partial charge is 0.245 e. The van der Waals surface area contributed by atoms with E-state index in [1.165, 1.54) is 23.0 Å². The summed E-state index contributed by atoms with van der Waals surface area (Å²) in [6.45, 7) is 6.97. The third kappa shape index (κ3) is 4.17. The number of imidazole rings is 1.